The van der Waals surface area contributed by atoms with Crippen LogP contribution in [0.4, 0.5) is 18.9 Å². The van der Waals surface area contributed by atoms with Gasteiger partial charge in [-0.25, -0.2) is 8.42 Å². The van der Waals surface area contributed by atoms with Gasteiger partial charge >= 0.3 is 6.18 Å². The molecule has 4 rings (SSSR count). The zero-order chi connectivity index (χ0) is 18.7. The molecule has 26 heavy (non-hydrogen) atoms. The summed E-state index contributed by atoms with van der Waals surface area (Å²) in [6, 6.07) is 4.19. The van der Waals surface area contributed by atoms with Crippen LogP contribution in [0.3, 0.4) is 0 Å². The van der Waals surface area contributed by atoms with Crippen LogP contribution >= 0.6 is 11.8 Å². The topological polar surface area (TPSA) is 66.8 Å². The van der Waals surface area contributed by atoms with Crippen LogP contribution in [0.2, 0.25) is 0 Å². The van der Waals surface area contributed by atoms with Gasteiger partial charge in [0.1, 0.15) is 0 Å². The van der Waals surface area contributed by atoms with Gasteiger partial charge in [0.2, 0.25) is 0 Å². The number of amidine groups is 1. The summed E-state index contributed by atoms with van der Waals surface area (Å²) < 4.78 is 63.1. The van der Waals surface area contributed by atoms with Crippen molar-refractivity contribution in [1.29, 1.82) is 0 Å². The number of sulfone groups is 1. The van der Waals surface area contributed by atoms with Crippen molar-refractivity contribution >= 4 is 38.4 Å². The Bertz CT molecular complexity index is 894. The van der Waals surface area contributed by atoms with Gasteiger partial charge < -0.3 is 4.90 Å². The monoisotopic (exact) mass is 404 g/mol. The number of fused-ring (bicyclic) bond motifs is 1. The first-order valence-corrected chi connectivity index (χ1v) is 10.8. The SMILES string of the molecule is O=C(N=C1S[C@H]2CS(=O)(=O)C[C@H]2N1c1cccc(C(F)(F)F)c1)C1CC1. The first-order valence-electron chi connectivity index (χ1n) is 8.10. The first-order chi connectivity index (χ1) is 12.1. The number of anilines is 1. The van der Waals surface area contributed by atoms with Gasteiger partial charge in [-0.3, -0.25) is 4.79 Å². The lowest BCUT2D eigenvalue weighted by Gasteiger charge is -2.25. The third-order valence-corrected chi connectivity index (χ3v) is 7.86. The quantitative estimate of drug-likeness (QED) is 0.758. The Morgan fingerprint density at radius 3 is 2.62 bits per heavy atom. The van der Waals surface area contributed by atoms with Crippen LogP contribution in [-0.4, -0.2) is 42.3 Å². The van der Waals surface area contributed by atoms with E-state index in [2.05, 4.69) is 4.99 Å². The fourth-order valence-corrected chi connectivity index (χ4v) is 7.13. The zero-order valence-electron chi connectivity index (χ0n) is 13.4. The number of hydrogen-bond donors (Lipinski definition) is 0. The molecule has 1 aliphatic carbocycles. The van der Waals surface area contributed by atoms with E-state index in [1.165, 1.54) is 28.8 Å². The Kier molecular flexibility index (Phi) is 4.11. The second-order valence-electron chi connectivity index (χ2n) is 6.73. The molecule has 3 aliphatic rings. The second-order valence-corrected chi connectivity index (χ2v) is 10.1. The van der Waals surface area contributed by atoms with Crippen molar-refractivity contribution in [3.05, 3.63) is 29.8 Å². The van der Waals surface area contributed by atoms with Crippen molar-refractivity contribution in [2.75, 3.05) is 16.4 Å². The third kappa shape index (κ3) is 3.36. The van der Waals surface area contributed by atoms with Gasteiger partial charge in [-0.05, 0) is 31.0 Å². The van der Waals surface area contributed by atoms with E-state index in [1.54, 1.807) is 0 Å². The first kappa shape index (κ1) is 17.8. The standard InChI is InChI=1S/C16H15F3N2O3S2/c17-16(18,19)10-2-1-3-11(6-10)21-12-7-26(23,24)8-13(12)25-15(21)20-14(22)9-4-5-9/h1-3,6,9,12-13H,4-5,7-8H2/t12-,13+/m1/s1. The van der Waals surface area contributed by atoms with Crippen LogP contribution in [0.1, 0.15) is 18.4 Å². The number of amides is 1. The molecule has 0 spiro atoms. The van der Waals surface area contributed by atoms with E-state index < -0.39 is 27.6 Å². The number of benzene rings is 1. The minimum absolute atomic E-state index is 0.0611. The lowest BCUT2D eigenvalue weighted by molar-refractivity contribution is -0.137. The molecule has 2 atom stereocenters. The highest BCUT2D eigenvalue weighted by Gasteiger charge is 2.50. The Labute approximate surface area is 152 Å². The van der Waals surface area contributed by atoms with Gasteiger partial charge in [0.15, 0.2) is 15.0 Å². The Hall–Kier alpha value is -1.55. The number of aliphatic imine (C=N–C) groups is 1. The minimum Gasteiger partial charge on any atom is -0.316 e. The Balaban J connectivity index is 1.74. The maximum Gasteiger partial charge on any atom is 0.416 e. The van der Waals surface area contributed by atoms with Crippen LogP contribution in [0.25, 0.3) is 0 Å². The van der Waals surface area contributed by atoms with Crippen LogP contribution in [-0.2, 0) is 20.8 Å². The minimum atomic E-state index is -4.51. The molecule has 1 aromatic rings. The summed E-state index contributed by atoms with van der Waals surface area (Å²) >= 11 is 1.17. The number of alkyl halides is 3. The number of nitrogens with zero attached hydrogens (tertiary/aromatic N) is 2. The van der Waals surface area contributed by atoms with E-state index in [9.17, 15) is 26.4 Å². The van der Waals surface area contributed by atoms with E-state index >= 15 is 0 Å². The summed E-state index contributed by atoms with van der Waals surface area (Å²) in [6.07, 6.45) is -2.97. The van der Waals surface area contributed by atoms with E-state index in [-0.39, 0.29) is 34.3 Å². The van der Waals surface area contributed by atoms with E-state index in [0.29, 0.717) is 5.17 Å². The maximum absolute atomic E-state index is 13.1. The van der Waals surface area contributed by atoms with Gasteiger partial charge in [-0.1, -0.05) is 17.8 Å². The predicted molar refractivity (Wildman–Crippen MR) is 92.9 cm³/mol. The average molecular weight is 404 g/mol. The van der Waals surface area contributed by atoms with Gasteiger partial charge in [0.05, 0.1) is 23.1 Å². The molecule has 5 nitrogen and oxygen atoms in total. The molecule has 2 heterocycles. The van der Waals surface area contributed by atoms with Crippen LogP contribution in [0.15, 0.2) is 29.3 Å². The highest BCUT2D eigenvalue weighted by molar-refractivity contribution is 8.16. The summed E-state index contributed by atoms with van der Waals surface area (Å²) in [4.78, 5) is 17.7. The van der Waals surface area contributed by atoms with Crippen molar-refractivity contribution in [2.24, 2.45) is 10.9 Å². The number of thioether (sulfide) groups is 1. The largest absolute Gasteiger partial charge is 0.416 e. The Morgan fingerprint density at radius 2 is 1.96 bits per heavy atom. The number of halogens is 3. The van der Waals surface area contributed by atoms with Gasteiger partial charge in [0, 0.05) is 16.9 Å². The number of hydrogen-bond acceptors (Lipinski definition) is 4. The van der Waals surface area contributed by atoms with E-state index in [0.717, 1.165) is 25.0 Å². The molecular weight excluding hydrogens is 389 g/mol. The smallest absolute Gasteiger partial charge is 0.316 e. The van der Waals surface area contributed by atoms with Crippen LogP contribution in [0.5, 0.6) is 0 Å². The molecule has 3 fully saturated rings. The van der Waals surface area contributed by atoms with Gasteiger partial charge in [-0.2, -0.15) is 18.2 Å². The predicted octanol–water partition coefficient (Wildman–Crippen LogP) is 2.72. The van der Waals surface area contributed by atoms with Crippen molar-refractivity contribution in [1.82, 2.24) is 0 Å². The molecule has 140 valence electrons. The molecule has 2 aliphatic heterocycles. The van der Waals surface area contributed by atoms with Crippen LogP contribution < -0.4 is 4.90 Å². The highest BCUT2D eigenvalue weighted by Crippen LogP contribution is 2.43. The lowest BCUT2D eigenvalue weighted by atomic mass is 10.1. The molecule has 10 heteroatoms. The van der Waals surface area contributed by atoms with Crippen molar-refractivity contribution in [3.63, 3.8) is 0 Å². The van der Waals surface area contributed by atoms with Crippen LogP contribution in [0, 0.1) is 5.92 Å². The molecule has 1 aromatic carbocycles. The molecule has 2 saturated heterocycles. The van der Waals surface area contributed by atoms with Gasteiger partial charge in [-0.15, -0.1) is 0 Å². The highest BCUT2D eigenvalue weighted by atomic mass is 32.2. The fourth-order valence-electron chi connectivity index (χ4n) is 3.21. The lowest BCUT2D eigenvalue weighted by Crippen LogP contribution is -2.37. The Morgan fingerprint density at radius 1 is 1.23 bits per heavy atom. The molecule has 0 unspecified atom stereocenters. The fraction of sp³-hybridized carbons (Fsp3) is 0.500. The second kappa shape index (κ2) is 5.98. The average Bonchev–Trinajstić information content (AvgIpc) is 3.27. The number of rotatable bonds is 2. The molecule has 0 bridgehead atoms. The molecule has 0 N–H and O–H groups in total. The molecule has 0 radical (unpaired) electrons. The molecule has 1 saturated carbocycles. The summed E-state index contributed by atoms with van der Waals surface area (Å²) in [6.45, 7) is 0. The number of carbonyl (C=O) groups excluding carboxylic acids is 1. The maximum atomic E-state index is 13.1. The summed E-state index contributed by atoms with van der Waals surface area (Å²) in [5.41, 5.74) is -0.614. The summed E-state index contributed by atoms with van der Waals surface area (Å²) in [5, 5.41) is -0.0357. The van der Waals surface area contributed by atoms with Crippen molar-refractivity contribution in [2.45, 2.75) is 30.3 Å². The third-order valence-electron chi connectivity index (χ3n) is 4.65. The summed E-state index contributed by atoms with van der Waals surface area (Å²) in [5.74, 6) is -0.616. The summed E-state index contributed by atoms with van der Waals surface area (Å²) in [7, 11) is -3.27. The molecule has 0 aromatic heterocycles. The molecular formula is C16H15F3N2O3S2. The van der Waals surface area contributed by atoms with E-state index in [4.69, 9.17) is 0 Å². The van der Waals surface area contributed by atoms with Gasteiger partial charge in [0.25, 0.3) is 5.91 Å². The zero-order valence-corrected chi connectivity index (χ0v) is 15.1. The van der Waals surface area contributed by atoms with E-state index in [1.807, 2.05) is 0 Å². The number of carbonyl (C=O) groups is 1. The normalized spacial score (nSPS) is 29.2. The molecule has 1 amide bonds. The van der Waals surface area contributed by atoms with Crippen molar-refractivity contribution in [3.8, 4) is 0 Å². The van der Waals surface area contributed by atoms with Crippen molar-refractivity contribution < 1.29 is 26.4 Å².